The predicted octanol–water partition coefficient (Wildman–Crippen LogP) is 2.81. The van der Waals surface area contributed by atoms with Crippen LogP contribution in [0.2, 0.25) is 5.02 Å². The van der Waals surface area contributed by atoms with Gasteiger partial charge in [0, 0.05) is 11.6 Å². The Hall–Kier alpha value is -0.0500. The molecule has 5 nitrogen and oxygen atoms in total. The number of hydrogen-bond donors (Lipinski definition) is 2. The van der Waals surface area contributed by atoms with E-state index in [1.54, 1.807) is 6.07 Å². The largest absolute Gasteiger partial charge is 0.494 e. The fraction of sp³-hybridized carbons (Fsp3) is 0.538. The van der Waals surface area contributed by atoms with E-state index >= 15 is 0 Å². The van der Waals surface area contributed by atoms with Gasteiger partial charge in [-0.15, -0.1) is 12.4 Å². The van der Waals surface area contributed by atoms with Crippen LogP contribution in [0.4, 0.5) is 0 Å². The minimum atomic E-state index is -3.66. The third-order valence-corrected chi connectivity index (χ3v) is 5.67. The Kier molecular flexibility index (Phi) is 7.91. The summed E-state index contributed by atoms with van der Waals surface area (Å²) in [6, 6.07) is 3.00. The second kappa shape index (κ2) is 8.70. The monoisotopic (exact) mass is 432 g/mol. The van der Waals surface area contributed by atoms with Gasteiger partial charge in [0.25, 0.3) is 0 Å². The van der Waals surface area contributed by atoms with Gasteiger partial charge < -0.3 is 10.1 Å². The van der Waals surface area contributed by atoms with E-state index in [1.807, 2.05) is 0 Å². The van der Waals surface area contributed by atoms with Crippen molar-refractivity contribution in [1.82, 2.24) is 10.0 Å². The fourth-order valence-electron chi connectivity index (χ4n) is 2.34. The first-order valence-electron chi connectivity index (χ1n) is 6.67. The maximum atomic E-state index is 12.5. The molecule has 1 aliphatic rings. The topological polar surface area (TPSA) is 67.4 Å². The van der Waals surface area contributed by atoms with Gasteiger partial charge in [0.2, 0.25) is 10.0 Å². The summed E-state index contributed by atoms with van der Waals surface area (Å²) in [6.07, 6.45) is 2.09. The number of hydrogen-bond acceptors (Lipinski definition) is 4. The molecule has 1 aromatic carbocycles. The molecular weight excluding hydrogens is 415 g/mol. The van der Waals surface area contributed by atoms with Crippen LogP contribution < -0.4 is 14.8 Å². The van der Waals surface area contributed by atoms with E-state index in [0.29, 0.717) is 22.0 Å². The highest BCUT2D eigenvalue weighted by Gasteiger charge is 2.24. The second-order valence-electron chi connectivity index (χ2n) is 4.98. The van der Waals surface area contributed by atoms with E-state index in [1.165, 1.54) is 13.2 Å². The first-order chi connectivity index (χ1) is 9.94. The van der Waals surface area contributed by atoms with E-state index in [2.05, 4.69) is 26.0 Å². The van der Waals surface area contributed by atoms with Crippen molar-refractivity contribution in [2.24, 2.45) is 5.92 Å². The molecule has 1 heterocycles. The van der Waals surface area contributed by atoms with Crippen molar-refractivity contribution < 1.29 is 13.2 Å². The maximum Gasteiger partial charge on any atom is 0.244 e. The molecule has 0 saturated carbocycles. The van der Waals surface area contributed by atoms with Gasteiger partial charge in [-0.25, -0.2) is 13.1 Å². The van der Waals surface area contributed by atoms with E-state index < -0.39 is 10.0 Å². The highest BCUT2D eigenvalue weighted by atomic mass is 79.9. The molecule has 0 spiro atoms. The Labute approximate surface area is 150 Å². The van der Waals surface area contributed by atoms with Gasteiger partial charge in [-0.1, -0.05) is 11.6 Å². The lowest BCUT2D eigenvalue weighted by atomic mass is 10.0. The molecule has 0 aromatic heterocycles. The Morgan fingerprint density at radius 3 is 2.82 bits per heavy atom. The number of rotatable bonds is 5. The van der Waals surface area contributed by atoms with Crippen LogP contribution in [0.3, 0.4) is 0 Å². The van der Waals surface area contributed by atoms with E-state index in [9.17, 15) is 8.42 Å². The van der Waals surface area contributed by atoms with Gasteiger partial charge in [-0.05, 0) is 59.9 Å². The minimum absolute atomic E-state index is 0. The van der Waals surface area contributed by atoms with Crippen LogP contribution in [0.15, 0.2) is 21.5 Å². The predicted molar refractivity (Wildman–Crippen MR) is 93.7 cm³/mol. The standard InChI is InChI=1S/C13H18BrClN2O3S.ClH/c1-20-13-11(14)5-10(15)6-12(13)21(18,19)17-8-9-3-2-4-16-7-9;/h5-6,9,16-17H,2-4,7-8H2,1H3;1H. The van der Waals surface area contributed by atoms with Crippen molar-refractivity contribution in [2.45, 2.75) is 17.7 Å². The smallest absolute Gasteiger partial charge is 0.244 e. The summed E-state index contributed by atoms with van der Waals surface area (Å²) in [5.74, 6) is 0.566. The lowest BCUT2D eigenvalue weighted by Crippen LogP contribution is -2.38. The van der Waals surface area contributed by atoms with Crippen molar-refractivity contribution >= 4 is 50.0 Å². The van der Waals surface area contributed by atoms with Gasteiger partial charge >= 0.3 is 0 Å². The fourth-order valence-corrected chi connectivity index (χ4v) is 4.84. The lowest BCUT2D eigenvalue weighted by molar-refractivity contribution is 0.374. The summed E-state index contributed by atoms with van der Waals surface area (Å²) >= 11 is 9.21. The molecule has 1 aromatic rings. The maximum absolute atomic E-state index is 12.5. The molecule has 0 aliphatic carbocycles. The summed E-state index contributed by atoms with van der Waals surface area (Å²) in [7, 11) is -2.24. The molecule has 22 heavy (non-hydrogen) atoms. The molecule has 1 atom stereocenters. The first kappa shape index (κ1) is 20.0. The number of methoxy groups -OCH3 is 1. The zero-order chi connectivity index (χ0) is 15.5. The average molecular weight is 434 g/mol. The molecule has 2 N–H and O–H groups in total. The highest BCUT2D eigenvalue weighted by Crippen LogP contribution is 2.35. The number of ether oxygens (including phenoxy) is 1. The van der Waals surface area contributed by atoms with E-state index in [-0.39, 0.29) is 23.1 Å². The number of piperidine rings is 1. The van der Waals surface area contributed by atoms with Gasteiger partial charge in [0.15, 0.2) is 5.75 Å². The van der Waals surface area contributed by atoms with Crippen LogP contribution in [0.1, 0.15) is 12.8 Å². The normalized spacial score (nSPS) is 18.6. The number of sulfonamides is 1. The zero-order valence-corrected chi connectivity index (χ0v) is 16.0. The molecule has 1 saturated heterocycles. The van der Waals surface area contributed by atoms with Crippen molar-refractivity contribution in [3.8, 4) is 5.75 Å². The number of nitrogens with one attached hydrogen (secondary N) is 2. The van der Waals surface area contributed by atoms with Crippen LogP contribution in [0.25, 0.3) is 0 Å². The lowest BCUT2D eigenvalue weighted by Gasteiger charge is -2.23. The van der Waals surface area contributed by atoms with Crippen LogP contribution in [0, 0.1) is 5.92 Å². The summed E-state index contributed by atoms with van der Waals surface area (Å²) in [5, 5.41) is 3.60. The van der Waals surface area contributed by atoms with Gasteiger partial charge in [0.05, 0.1) is 11.6 Å². The molecule has 0 bridgehead atoms. The van der Waals surface area contributed by atoms with Crippen LogP contribution in [-0.2, 0) is 10.0 Å². The molecule has 1 fully saturated rings. The van der Waals surface area contributed by atoms with Crippen LogP contribution in [0.5, 0.6) is 5.75 Å². The average Bonchev–Trinajstić information content (AvgIpc) is 2.46. The molecule has 1 unspecified atom stereocenters. The SMILES string of the molecule is COc1c(Br)cc(Cl)cc1S(=O)(=O)NCC1CCCNC1.Cl. The van der Waals surface area contributed by atoms with Crippen molar-refractivity contribution in [3.05, 3.63) is 21.6 Å². The molecule has 9 heteroatoms. The first-order valence-corrected chi connectivity index (χ1v) is 9.33. The van der Waals surface area contributed by atoms with Gasteiger partial charge in [-0.3, -0.25) is 0 Å². The van der Waals surface area contributed by atoms with E-state index in [4.69, 9.17) is 16.3 Å². The Morgan fingerprint density at radius 1 is 1.50 bits per heavy atom. The van der Waals surface area contributed by atoms with Gasteiger partial charge in [-0.2, -0.15) is 0 Å². The van der Waals surface area contributed by atoms with Gasteiger partial charge in [0.1, 0.15) is 4.90 Å². The van der Waals surface area contributed by atoms with Crippen molar-refractivity contribution in [3.63, 3.8) is 0 Å². The summed E-state index contributed by atoms with van der Waals surface area (Å²) in [4.78, 5) is 0.0492. The molecule has 126 valence electrons. The molecule has 0 radical (unpaired) electrons. The Balaban J connectivity index is 0.00000242. The van der Waals surface area contributed by atoms with E-state index in [0.717, 1.165) is 25.9 Å². The third kappa shape index (κ3) is 4.97. The Bertz CT molecular complexity index is 608. The molecule has 1 aliphatic heterocycles. The van der Waals surface area contributed by atoms with Crippen molar-refractivity contribution in [1.29, 1.82) is 0 Å². The van der Waals surface area contributed by atoms with Crippen LogP contribution >= 0.6 is 39.9 Å². The second-order valence-corrected chi connectivity index (χ2v) is 8.01. The zero-order valence-electron chi connectivity index (χ0n) is 12.1. The van der Waals surface area contributed by atoms with Crippen molar-refractivity contribution in [2.75, 3.05) is 26.7 Å². The number of benzene rings is 1. The number of halogens is 3. The molecular formula is C13H19BrCl2N2O3S. The summed E-state index contributed by atoms with van der Waals surface area (Å²) < 4.78 is 33.3. The Morgan fingerprint density at radius 2 is 2.23 bits per heavy atom. The quantitative estimate of drug-likeness (QED) is 0.749. The highest BCUT2D eigenvalue weighted by molar-refractivity contribution is 9.10. The summed E-state index contributed by atoms with van der Waals surface area (Å²) in [6.45, 7) is 2.24. The molecule has 2 rings (SSSR count). The molecule has 0 amide bonds. The third-order valence-electron chi connectivity index (χ3n) is 3.43. The van der Waals surface area contributed by atoms with Crippen LogP contribution in [-0.4, -0.2) is 35.2 Å². The summed E-state index contributed by atoms with van der Waals surface area (Å²) in [5.41, 5.74) is 0. The minimum Gasteiger partial charge on any atom is -0.494 e.